The van der Waals surface area contributed by atoms with Crippen molar-refractivity contribution < 1.29 is 19.1 Å². The molecule has 27 heavy (non-hydrogen) atoms. The van der Waals surface area contributed by atoms with Crippen LogP contribution in [0, 0.1) is 12.3 Å². The quantitative estimate of drug-likeness (QED) is 0.602. The van der Waals surface area contributed by atoms with E-state index in [9.17, 15) is 14.4 Å². The normalized spacial score (nSPS) is 11.4. The van der Waals surface area contributed by atoms with Crippen molar-refractivity contribution in [3.63, 3.8) is 0 Å². The molecular formula is C20H22N2O4S. The Kier molecular flexibility index (Phi) is 6.63. The topological polar surface area (TPSA) is 85.4 Å². The number of Topliss-reactive ketones (excluding diaryl/α,β-unsaturated/α-hetero) is 1. The fourth-order valence-corrected chi connectivity index (χ4v) is 2.57. The zero-order valence-corrected chi connectivity index (χ0v) is 16.6. The van der Waals surface area contributed by atoms with Gasteiger partial charge in [-0.25, -0.2) is 9.78 Å². The average molecular weight is 386 g/mol. The van der Waals surface area contributed by atoms with Gasteiger partial charge in [-0.1, -0.05) is 32.9 Å². The first-order chi connectivity index (χ1) is 12.7. The third-order valence-electron chi connectivity index (χ3n) is 3.62. The summed E-state index contributed by atoms with van der Waals surface area (Å²) in [6, 6.07) is 6.49. The summed E-state index contributed by atoms with van der Waals surface area (Å²) in [7, 11) is 0. The summed E-state index contributed by atoms with van der Waals surface area (Å²) in [6.45, 7) is 6.84. The van der Waals surface area contributed by atoms with Crippen molar-refractivity contribution in [2.24, 2.45) is 5.41 Å². The third kappa shape index (κ3) is 6.14. The molecule has 2 rings (SSSR count). The fraction of sp³-hybridized carbons (Fsp3) is 0.300. The number of carbonyl (C=O) groups excluding carboxylic acids is 3. The lowest BCUT2D eigenvalue weighted by Gasteiger charge is -2.16. The molecule has 1 aromatic heterocycles. The summed E-state index contributed by atoms with van der Waals surface area (Å²) in [6.07, 6.45) is 2.95. The molecule has 0 unspecified atom stereocenters. The Bertz CT molecular complexity index is 878. The van der Waals surface area contributed by atoms with Crippen molar-refractivity contribution in [1.29, 1.82) is 0 Å². The Hall–Kier alpha value is -2.80. The summed E-state index contributed by atoms with van der Waals surface area (Å²) in [5, 5.41) is 5.40. The second kappa shape index (κ2) is 8.73. The number of benzene rings is 1. The van der Waals surface area contributed by atoms with E-state index in [0.717, 1.165) is 5.01 Å². The predicted molar refractivity (Wildman–Crippen MR) is 106 cm³/mol. The van der Waals surface area contributed by atoms with Gasteiger partial charge in [-0.05, 0) is 25.1 Å². The molecule has 6 nitrogen and oxygen atoms in total. The molecule has 1 N–H and O–H groups in total. The average Bonchev–Trinajstić information content (AvgIpc) is 3.02. The van der Waals surface area contributed by atoms with Crippen molar-refractivity contribution in [3.8, 4) is 0 Å². The van der Waals surface area contributed by atoms with Gasteiger partial charge in [0.2, 0.25) is 5.91 Å². The number of ether oxygens (including phenoxy) is 1. The first kappa shape index (κ1) is 20.5. The number of para-hydroxylation sites is 1. The Morgan fingerprint density at radius 2 is 1.93 bits per heavy atom. The van der Waals surface area contributed by atoms with Gasteiger partial charge in [-0.15, -0.1) is 11.3 Å². The van der Waals surface area contributed by atoms with Crippen molar-refractivity contribution in [2.75, 3.05) is 11.9 Å². The van der Waals surface area contributed by atoms with Crippen LogP contribution >= 0.6 is 11.3 Å². The number of amides is 1. The summed E-state index contributed by atoms with van der Waals surface area (Å²) in [5.41, 5.74) is 0.605. The molecule has 7 heteroatoms. The smallest absolute Gasteiger partial charge is 0.340 e. The minimum absolute atomic E-state index is 0.182. The monoisotopic (exact) mass is 386 g/mol. The summed E-state index contributed by atoms with van der Waals surface area (Å²) >= 11 is 1.49. The molecule has 0 fully saturated rings. The number of nitrogens with one attached hydrogen (secondary N) is 1. The molecule has 0 spiro atoms. The van der Waals surface area contributed by atoms with Crippen LogP contribution in [-0.2, 0) is 14.3 Å². The molecule has 1 amide bonds. The molecule has 1 aromatic carbocycles. The first-order valence-electron chi connectivity index (χ1n) is 8.37. The van der Waals surface area contributed by atoms with E-state index < -0.39 is 17.3 Å². The lowest BCUT2D eigenvalue weighted by Crippen LogP contribution is -2.26. The zero-order chi connectivity index (χ0) is 20.0. The molecular weight excluding hydrogens is 364 g/mol. The third-order valence-corrected chi connectivity index (χ3v) is 4.41. The lowest BCUT2D eigenvalue weighted by molar-refractivity contribution is -0.129. The second-order valence-electron chi connectivity index (χ2n) is 6.91. The van der Waals surface area contributed by atoms with Gasteiger partial charge >= 0.3 is 5.97 Å². The molecule has 0 saturated heterocycles. The summed E-state index contributed by atoms with van der Waals surface area (Å²) in [5.74, 6) is -1.24. The molecule has 0 aliphatic carbocycles. The van der Waals surface area contributed by atoms with Gasteiger partial charge in [-0.3, -0.25) is 9.59 Å². The summed E-state index contributed by atoms with van der Waals surface area (Å²) < 4.78 is 5.10. The highest BCUT2D eigenvalue weighted by Gasteiger charge is 2.23. The van der Waals surface area contributed by atoms with Gasteiger partial charge in [-0.2, -0.15) is 0 Å². The largest absolute Gasteiger partial charge is 0.454 e. The number of esters is 1. The number of rotatable bonds is 6. The van der Waals surface area contributed by atoms with Gasteiger partial charge in [0.1, 0.15) is 0 Å². The van der Waals surface area contributed by atoms with E-state index in [-0.39, 0.29) is 18.0 Å². The molecule has 0 aliphatic rings. The van der Waals surface area contributed by atoms with Crippen LogP contribution in [0.3, 0.4) is 0 Å². The van der Waals surface area contributed by atoms with Crippen molar-refractivity contribution in [3.05, 3.63) is 52.0 Å². The van der Waals surface area contributed by atoms with Crippen LogP contribution in [0.5, 0.6) is 0 Å². The minimum Gasteiger partial charge on any atom is -0.454 e. The second-order valence-corrected chi connectivity index (χ2v) is 7.97. The number of nitrogens with zero attached hydrogens (tertiary/aromatic N) is 1. The predicted octanol–water partition coefficient (Wildman–Crippen LogP) is 3.88. The number of aryl methyl sites for hydroxylation is 1. The van der Waals surface area contributed by atoms with Crippen LogP contribution in [0.1, 0.15) is 41.8 Å². The number of thiazole rings is 1. The number of hydrogen-bond acceptors (Lipinski definition) is 6. The Morgan fingerprint density at radius 3 is 2.56 bits per heavy atom. The molecule has 0 atom stereocenters. The summed E-state index contributed by atoms with van der Waals surface area (Å²) in [4.78, 5) is 40.6. The van der Waals surface area contributed by atoms with Crippen LogP contribution in [-0.4, -0.2) is 29.3 Å². The van der Waals surface area contributed by atoms with Gasteiger partial charge < -0.3 is 10.1 Å². The van der Waals surface area contributed by atoms with Crippen LogP contribution in [0.15, 0.2) is 35.7 Å². The van der Waals surface area contributed by atoms with Gasteiger partial charge in [0.25, 0.3) is 0 Å². The SMILES string of the molecule is Cc1nc(C=CC(=O)Nc2ccccc2C(=O)OCC(=O)C(C)(C)C)cs1. The molecule has 2 aromatic rings. The van der Waals surface area contributed by atoms with Gasteiger partial charge in [0.15, 0.2) is 12.4 Å². The van der Waals surface area contributed by atoms with Crippen LogP contribution in [0.4, 0.5) is 5.69 Å². The number of aromatic nitrogens is 1. The molecule has 142 valence electrons. The number of hydrogen-bond donors (Lipinski definition) is 1. The van der Waals surface area contributed by atoms with E-state index in [1.165, 1.54) is 23.5 Å². The molecule has 0 saturated carbocycles. The van der Waals surface area contributed by atoms with Crippen LogP contribution in [0.2, 0.25) is 0 Å². The maximum atomic E-state index is 12.3. The number of ketones is 1. The number of anilines is 1. The van der Waals surface area contributed by atoms with Crippen LogP contribution in [0.25, 0.3) is 6.08 Å². The van der Waals surface area contributed by atoms with E-state index in [2.05, 4.69) is 10.3 Å². The van der Waals surface area contributed by atoms with Gasteiger partial charge in [0, 0.05) is 16.9 Å². The fourth-order valence-electron chi connectivity index (χ4n) is 1.99. The molecule has 0 radical (unpaired) electrons. The Morgan fingerprint density at radius 1 is 1.22 bits per heavy atom. The maximum absolute atomic E-state index is 12.3. The van der Waals surface area contributed by atoms with E-state index in [0.29, 0.717) is 11.4 Å². The van der Waals surface area contributed by atoms with E-state index >= 15 is 0 Å². The van der Waals surface area contributed by atoms with Crippen molar-refractivity contribution in [2.45, 2.75) is 27.7 Å². The Balaban J connectivity index is 2.04. The van der Waals surface area contributed by atoms with E-state index in [1.54, 1.807) is 45.0 Å². The molecule has 1 heterocycles. The van der Waals surface area contributed by atoms with E-state index in [4.69, 9.17) is 4.74 Å². The van der Waals surface area contributed by atoms with Crippen molar-refractivity contribution >= 4 is 40.8 Å². The highest BCUT2D eigenvalue weighted by atomic mass is 32.1. The maximum Gasteiger partial charge on any atom is 0.340 e. The van der Waals surface area contributed by atoms with Gasteiger partial charge in [0.05, 0.1) is 22.0 Å². The highest BCUT2D eigenvalue weighted by Crippen LogP contribution is 2.18. The lowest BCUT2D eigenvalue weighted by atomic mass is 9.91. The Labute approximate surface area is 162 Å². The first-order valence-corrected chi connectivity index (χ1v) is 9.25. The highest BCUT2D eigenvalue weighted by molar-refractivity contribution is 7.09. The van der Waals surface area contributed by atoms with E-state index in [1.807, 2.05) is 12.3 Å². The van der Waals surface area contributed by atoms with Crippen molar-refractivity contribution in [1.82, 2.24) is 4.98 Å². The molecule has 0 aliphatic heterocycles. The minimum atomic E-state index is -0.664. The number of carbonyl (C=O) groups is 3. The molecule has 0 bridgehead atoms. The zero-order valence-electron chi connectivity index (χ0n) is 15.7. The standard InChI is InChI=1S/C20H22N2O4S/c1-13-21-14(12-27-13)9-10-18(24)22-16-8-6-5-7-15(16)19(25)26-11-17(23)20(2,3)4/h5-10,12H,11H2,1-4H3,(H,22,24). The van der Waals surface area contributed by atoms with Crippen LogP contribution < -0.4 is 5.32 Å².